The van der Waals surface area contributed by atoms with Gasteiger partial charge in [0, 0.05) is 51.1 Å². The number of rotatable bonds is 9. The predicted octanol–water partition coefficient (Wildman–Crippen LogP) is 4.05. The molecular formula is C32H35N7O5. The van der Waals surface area contributed by atoms with Crippen LogP contribution in [0, 0.1) is 0 Å². The minimum atomic E-state index is -0.452. The number of hydrogen-bond acceptors (Lipinski definition) is 9. The van der Waals surface area contributed by atoms with E-state index in [1.165, 1.54) is 0 Å². The second-order valence-corrected chi connectivity index (χ2v) is 11.1. The fourth-order valence-corrected chi connectivity index (χ4v) is 5.21. The van der Waals surface area contributed by atoms with Crippen molar-refractivity contribution in [3.05, 3.63) is 90.1 Å². The van der Waals surface area contributed by atoms with Gasteiger partial charge in [0.2, 0.25) is 18.6 Å². The van der Waals surface area contributed by atoms with Crippen molar-refractivity contribution in [2.45, 2.75) is 45.4 Å². The first kappa shape index (κ1) is 29.0. The van der Waals surface area contributed by atoms with Crippen LogP contribution in [0.3, 0.4) is 0 Å². The number of amides is 2. The highest BCUT2D eigenvalue weighted by atomic mass is 16.7. The SMILES string of the molecule is CC(C)c1cc(N2CCN(C(=O)OCc3ccccc3)C(CC(=O)NCc3ccc4c(c3)OCO4)C2)nc(-n2ccnc2)n1. The monoisotopic (exact) mass is 597 g/mol. The highest BCUT2D eigenvalue weighted by Crippen LogP contribution is 2.32. The van der Waals surface area contributed by atoms with E-state index in [0.717, 1.165) is 22.6 Å². The van der Waals surface area contributed by atoms with Crippen molar-refractivity contribution >= 4 is 17.8 Å². The van der Waals surface area contributed by atoms with E-state index in [1.807, 2.05) is 54.6 Å². The quantitative estimate of drug-likeness (QED) is 0.304. The van der Waals surface area contributed by atoms with Crippen molar-refractivity contribution in [2.24, 2.45) is 0 Å². The Morgan fingerprint density at radius 1 is 1.02 bits per heavy atom. The van der Waals surface area contributed by atoms with E-state index in [4.69, 9.17) is 24.2 Å². The van der Waals surface area contributed by atoms with Crippen LogP contribution in [0.1, 0.15) is 43.0 Å². The molecule has 12 nitrogen and oxygen atoms in total. The van der Waals surface area contributed by atoms with Gasteiger partial charge < -0.3 is 29.3 Å². The molecule has 228 valence electrons. The summed E-state index contributed by atoms with van der Waals surface area (Å²) in [7, 11) is 0. The van der Waals surface area contributed by atoms with E-state index in [0.29, 0.717) is 43.6 Å². The zero-order chi connectivity index (χ0) is 30.5. The van der Waals surface area contributed by atoms with Crippen LogP contribution >= 0.6 is 0 Å². The molecule has 2 aromatic carbocycles. The highest BCUT2D eigenvalue weighted by Gasteiger charge is 2.34. The fourth-order valence-electron chi connectivity index (χ4n) is 5.21. The minimum Gasteiger partial charge on any atom is -0.454 e. The molecule has 4 aromatic rings. The summed E-state index contributed by atoms with van der Waals surface area (Å²) >= 11 is 0. The molecule has 1 fully saturated rings. The Labute approximate surface area is 255 Å². The molecule has 1 saturated heterocycles. The van der Waals surface area contributed by atoms with Crippen LogP contribution in [0.15, 0.2) is 73.3 Å². The molecule has 2 amide bonds. The van der Waals surface area contributed by atoms with Crippen molar-refractivity contribution in [2.75, 3.05) is 31.3 Å². The summed E-state index contributed by atoms with van der Waals surface area (Å²) in [6.45, 7) is 6.12. The van der Waals surface area contributed by atoms with Crippen molar-refractivity contribution in [1.82, 2.24) is 29.7 Å². The molecule has 0 aliphatic carbocycles. The third kappa shape index (κ3) is 6.74. The lowest BCUT2D eigenvalue weighted by molar-refractivity contribution is -0.122. The van der Waals surface area contributed by atoms with Crippen LogP contribution in [-0.2, 0) is 22.7 Å². The molecular weight excluding hydrogens is 562 g/mol. The molecule has 2 aromatic heterocycles. The van der Waals surface area contributed by atoms with Gasteiger partial charge in [-0.2, -0.15) is 4.98 Å². The molecule has 1 unspecified atom stereocenters. The second-order valence-electron chi connectivity index (χ2n) is 11.1. The molecule has 2 aliphatic rings. The van der Waals surface area contributed by atoms with E-state index in [-0.39, 0.29) is 31.6 Å². The molecule has 0 radical (unpaired) electrons. The number of aromatic nitrogens is 4. The molecule has 0 bridgehead atoms. The Morgan fingerprint density at radius 2 is 1.86 bits per heavy atom. The summed E-state index contributed by atoms with van der Waals surface area (Å²) in [5, 5.41) is 2.99. The van der Waals surface area contributed by atoms with Gasteiger partial charge in [-0.1, -0.05) is 50.2 Å². The van der Waals surface area contributed by atoms with Gasteiger partial charge >= 0.3 is 6.09 Å². The molecule has 4 heterocycles. The molecule has 0 spiro atoms. The largest absolute Gasteiger partial charge is 0.454 e. The Bertz CT molecular complexity index is 1600. The smallest absolute Gasteiger partial charge is 0.410 e. The molecule has 0 saturated carbocycles. The van der Waals surface area contributed by atoms with Gasteiger partial charge in [0.05, 0.1) is 11.7 Å². The third-order valence-electron chi connectivity index (χ3n) is 7.64. The van der Waals surface area contributed by atoms with E-state index >= 15 is 0 Å². The summed E-state index contributed by atoms with van der Waals surface area (Å²) in [5.74, 6) is 2.59. The van der Waals surface area contributed by atoms with Crippen LogP contribution in [-0.4, -0.2) is 68.9 Å². The lowest BCUT2D eigenvalue weighted by Gasteiger charge is -2.41. The van der Waals surface area contributed by atoms with E-state index in [1.54, 1.807) is 28.2 Å². The lowest BCUT2D eigenvalue weighted by Crippen LogP contribution is -2.56. The minimum absolute atomic E-state index is 0.0952. The Hall–Kier alpha value is -5.13. The highest BCUT2D eigenvalue weighted by molar-refractivity contribution is 5.78. The van der Waals surface area contributed by atoms with Crippen LogP contribution in [0.2, 0.25) is 0 Å². The van der Waals surface area contributed by atoms with Gasteiger partial charge in [0.15, 0.2) is 11.5 Å². The number of benzene rings is 2. The number of ether oxygens (including phenoxy) is 3. The van der Waals surface area contributed by atoms with E-state index < -0.39 is 12.1 Å². The van der Waals surface area contributed by atoms with Gasteiger partial charge in [0.25, 0.3) is 0 Å². The van der Waals surface area contributed by atoms with Gasteiger partial charge in [-0.05, 0) is 29.2 Å². The number of carbonyl (C=O) groups excluding carboxylic acids is 2. The molecule has 2 aliphatic heterocycles. The van der Waals surface area contributed by atoms with Crippen molar-refractivity contribution in [1.29, 1.82) is 0 Å². The molecule has 1 atom stereocenters. The maximum atomic E-state index is 13.3. The third-order valence-corrected chi connectivity index (χ3v) is 7.64. The Morgan fingerprint density at radius 3 is 2.66 bits per heavy atom. The number of nitrogens with one attached hydrogen (secondary N) is 1. The van der Waals surface area contributed by atoms with Gasteiger partial charge in [-0.15, -0.1) is 0 Å². The zero-order valence-electron chi connectivity index (χ0n) is 24.8. The topological polar surface area (TPSA) is 124 Å². The predicted molar refractivity (Wildman–Crippen MR) is 162 cm³/mol. The lowest BCUT2D eigenvalue weighted by atomic mass is 10.1. The zero-order valence-corrected chi connectivity index (χ0v) is 24.8. The number of carbonyl (C=O) groups is 2. The number of fused-ring (bicyclic) bond motifs is 1. The first-order valence-electron chi connectivity index (χ1n) is 14.7. The number of nitrogens with zero attached hydrogens (tertiary/aromatic N) is 6. The standard InChI is InChI=1S/C32H35N7O5/c1-22(2)26-16-29(36-31(35-26)38-11-10-33-20-38)37-12-13-39(32(41)42-19-23-6-4-3-5-7-23)25(18-37)15-30(40)34-17-24-8-9-27-28(14-24)44-21-43-27/h3-11,14,16,20,22,25H,12-13,15,17-19,21H2,1-2H3,(H,34,40). The first-order valence-corrected chi connectivity index (χ1v) is 14.7. The van der Waals surface area contributed by atoms with E-state index in [9.17, 15) is 9.59 Å². The Balaban J connectivity index is 1.19. The van der Waals surface area contributed by atoms with Crippen LogP contribution in [0.4, 0.5) is 10.6 Å². The van der Waals surface area contributed by atoms with Gasteiger partial charge in [-0.3, -0.25) is 9.36 Å². The van der Waals surface area contributed by atoms with Crippen LogP contribution in [0.25, 0.3) is 5.95 Å². The van der Waals surface area contributed by atoms with Crippen LogP contribution in [0.5, 0.6) is 11.5 Å². The number of hydrogen-bond donors (Lipinski definition) is 1. The van der Waals surface area contributed by atoms with E-state index in [2.05, 4.69) is 29.0 Å². The number of imidazole rings is 1. The number of piperazine rings is 1. The molecule has 1 N–H and O–H groups in total. The summed E-state index contributed by atoms with van der Waals surface area (Å²) in [6.07, 6.45) is 4.79. The van der Waals surface area contributed by atoms with Crippen molar-refractivity contribution in [3.8, 4) is 17.4 Å². The first-order chi connectivity index (χ1) is 21.4. The summed E-state index contributed by atoms with van der Waals surface area (Å²) in [5.41, 5.74) is 2.68. The fraction of sp³-hybridized carbons (Fsp3) is 0.344. The average molecular weight is 598 g/mol. The molecule has 12 heteroatoms. The molecule has 44 heavy (non-hydrogen) atoms. The maximum absolute atomic E-state index is 13.3. The van der Waals surface area contributed by atoms with Gasteiger partial charge in [0.1, 0.15) is 18.8 Å². The van der Waals surface area contributed by atoms with Crippen molar-refractivity contribution < 1.29 is 23.8 Å². The summed E-state index contributed by atoms with van der Waals surface area (Å²) in [6, 6.07) is 16.7. The number of anilines is 1. The summed E-state index contributed by atoms with van der Waals surface area (Å²) in [4.78, 5) is 44.0. The normalized spacial score (nSPS) is 15.8. The molecule has 6 rings (SSSR count). The average Bonchev–Trinajstić information content (AvgIpc) is 3.76. The summed E-state index contributed by atoms with van der Waals surface area (Å²) < 4.78 is 18.3. The second kappa shape index (κ2) is 13.0. The maximum Gasteiger partial charge on any atom is 0.410 e. The van der Waals surface area contributed by atoms with Gasteiger partial charge in [-0.25, -0.2) is 14.8 Å². The Kier molecular flexibility index (Phi) is 8.57. The van der Waals surface area contributed by atoms with Crippen LogP contribution < -0.4 is 19.7 Å². The van der Waals surface area contributed by atoms with Crippen molar-refractivity contribution in [3.63, 3.8) is 0 Å².